The Morgan fingerprint density at radius 1 is 0.968 bits per heavy atom. The highest BCUT2D eigenvalue weighted by atomic mass is 35.5. The zero-order valence-corrected chi connectivity index (χ0v) is 18.7. The van der Waals surface area contributed by atoms with Crippen LogP contribution >= 0.6 is 11.6 Å². The first-order valence-electron chi connectivity index (χ1n) is 10.6. The average molecular weight is 438 g/mol. The first-order valence-corrected chi connectivity index (χ1v) is 11.0. The van der Waals surface area contributed by atoms with Gasteiger partial charge < -0.3 is 9.67 Å². The third kappa shape index (κ3) is 4.69. The molecule has 1 saturated heterocycles. The van der Waals surface area contributed by atoms with Crippen molar-refractivity contribution in [2.75, 3.05) is 26.2 Å². The Kier molecular flexibility index (Phi) is 6.46. The molecule has 3 aromatic rings. The lowest BCUT2D eigenvalue weighted by atomic mass is 9.96. The number of halogens is 1. The minimum atomic E-state index is -0.309. The summed E-state index contributed by atoms with van der Waals surface area (Å²) in [4.78, 5) is 16.8. The van der Waals surface area contributed by atoms with E-state index >= 15 is 0 Å². The molecule has 0 aliphatic carbocycles. The number of nitrogens with zero attached hydrogens (tertiary/aromatic N) is 3. The lowest BCUT2D eigenvalue weighted by Gasteiger charge is -2.40. The fourth-order valence-electron chi connectivity index (χ4n) is 4.34. The van der Waals surface area contributed by atoms with Crippen LogP contribution in [0.3, 0.4) is 0 Å². The van der Waals surface area contributed by atoms with Gasteiger partial charge in [-0.15, -0.1) is 0 Å². The molecule has 2 heterocycles. The van der Waals surface area contributed by atoms with E-state index in [1.807, 2.05) is 36.7 Å². The molecule has 0 amide bonds. The van der Waals surface area contributed by atoms with Gasteiger partial charge in [0.1, 0.15) is 0 Å². The van der Waals surface area contributed by atoms with Crippen molar-refractivity contribution < 1.29 is 5.11 Å². The highest BCUT2D eigenvalue weighted by molar-refractivity contribution is 6.30. The van der Waals surface area contributed by atoms with Gasteiger partial charge in [0.05, 0.1) is 11.7 Å². The van der Waals surface area contributed by atoms with Crippen LogP contribution in [0.1, 0.15) is 28.6 Å². The highest BCUT2D eigenvalue weighted by Gasteiger charge is 2.27. The van der Waals surface area contributed by atoms with E-state index in [-0.39, 0.29) is 17.2 Å². The zero-order chi connectivity index (χ0) is 22.0. The van der Waals surface area contributed by atoms with Crippen LogP contribution in [0.25, 0.3) is 0 Å². The van der Waals surface area contributed by atoms with E-state index in [2.05, 4.69) is 46.2 Å². The van der Waals surface area contributed by atoms with Crippen LogP contribution in [0.15, 0.2) is 65.5 Å². The van der Waals surface area contributed by atoms with Crippen molar-refractivity contribution >= 4 is 11.6 Å². The number of piperazine rings is 1. The molecule has 0 bridgehead atoms. The summed E-state index contributed by atoms with van der Waals surface area (Å²) < 4.78 is 1.91. The summed E-state index contributed by atoms with van der Waals surface area (Å²) in [6.45, 7) is 5.95. The number of pyridine rings is 1. The van der Waals surface area contributed by atoms with Gasteiger partial charge in [-0.1, -0.05) is 54.1 Å². The maximum atomic E-state index is 12.0. The maximum absolute atomic E-state index is 12.0. The molecule has 1 aromatic heterocycles. The highest BCUT2D eigenvalue weighted by Crippen LogP contribution is 2.30. The van der Waals surface area contributed by atoms with Gasteiger partial charge >= 0.3 is 0 Å². The Bertz CT molecular complexity index is 1090. The summed E-state index contributed by atoms with van der Waals surface area (Å²) in [5.41, 5.74) is 3.70. The Labute approximate surface area is 188 Å². The molecule has 0 spiro atoms. The number of rotatable bonds is 5. The first kappa shape index (κ1) is 21.6. The van der Waals surface area contributed by atoms with Crippen LogP contribution in [0, 0.1) is 6.92 Å². The topological polar surface area (TPSA) is 48.7 Å². The van der Waals surface area contributed by atoms with E-state index < -0.39 is 0 Å². The second kappa shape index (κ2) is 9.27. The molecule has 31 heavy (non-hydrogen) atoms. The predicted molar refractivity (Wildman–Crippen MR) is 125 cm³/mol. The van der Waals surface area contributed by atoms with Gasteiger partial charge in [0.15, 0.2) is 5.75 Å². The van der Waals surface area contributed by atoms with Gasteiger partial charge in [0.25, 0.3) is 0 Å². The Balaban J connectivity index is 1.52. The summed E-state index contributed by atoms with van der Waals surface area (Å²) in [5, 5.41) is 11.1. The van der Waals surface area contributed by atoms with Crippen molar-refractivity contribution in [3.8, 4) is 5.75 Å². The third-order valence-corrected chi connectivity index (χ3v) is 6.48. The van der Waals surface area contributed by atoms with Crippen LogP contribution in [0.5, 0.6) is 5.75 Å². The molecule has 1 fully saturated rings. The van der Waals surface area contributed by atoms with Gasteiger partial charge in [0, 0.05) is 56.6 Å². The molecule has 2 aromatic carbocycles. The van der Waals surface area contributed by atoms with Crippen LogP contribution < -0.4 is 5.43 Å². The number of aryl methyl sites for hydroxylation is 1. The van der Waals surface area contributed by atoms with Crippen LogP contribution in [0.2, 0.25) is 5.02 Å². The molecule has 1 N–H and O–H groups in total. The fraction of sp³-hybridized carbons (Fsp3) is 0.320. The Morgan fingerprint density at radius 2 is 1.58 bits per heavy atom. The standard InChI is InChI=1S/C25H28ClN3O2/c1-18-16-23(30)25(31)22(27(18)2)17-28-12-14-29(15-13-28)24(19-6-4-3-5-7-19)20-8-10-21(26)11-9-20/h3-11,16,24,31H,12-15,17H2,1-2H3/t24-/m0/s1. The lowest BCUT2D eigenvalue weighted by molar-refractivity contribution is 0.102. The summed E-state index contributed by atoms with van der Waals surface area (Å²) >= 11 is 6.13. The van der Waals surface area contributed by atoms with Crippen molar-refractivity contribution in [2.24, 2.45) is 7.05 Å². The molecule has 162 valence electrons. The average Bonchev–Trinajstić information content (AvgIpc) is 2.78. The van der Waals surface area contributed by atoms with Crippen molar-refractivity contribution in [3.05, 3.63) is 98.4 Å². The van der Waals surface area contributed by atoms with Crippen molar-refractivity contribution in [1.82, 2.24) is 14.4 Å². The minimum absolute atomic E-state index is 0.140. The number of hydrogen-bond acceptors (Lipinski definition) is 4. The maximum Gasteiger partial charge on any atom is 0.223 e. The number of aromatic nitrogens is 1. The predicted octanol–water partition coefficient (Wildman–Crippen LogP) is 3.96. The number of benzene rings is 2. The molecule has 6 heteroatoms. The molecular formula is C25H28ClN3O2. The van der Waals surface area contributed by atoms with E-state index in [9.17, 15) is 9.90 Å². The van der Waals surface area contributed by atoms with Gasteiger partial charge in [-0.25, -0.2) is 0 Å². The van der Waals surface area contributed by atoms with E-state index in [0.717, 1.165) is 36.9 Å². The molecule has 5 nitrogen and oxygen atoms in total. The second-order valence-corrected chi connectivity index (χ2v) is 8.62. The molecule has 0 unspecified atom stereocenters. The molecule has 0 radical (unpaired) electrons. The second-order valence-electron chi connectivity index (χ2n) is 8.18. The quantitative estimate of drug-likeness (QED) is 0.656. The molecule has 1 aliphatic rings. The zero-order valence-electron chi connectivity index (χ0n) is 18.0. The van der Waals surface area contributed by atoms with Gasteiger partial charge in [-0.3, -0.25) is 14.6 Å². The van der Waals surface area contributed by atoms with Crippen molar-refractivity contribution in [3.63, 3.8) is 0 Å². The van der Waals surface area contributed by atoms with Crippen molar-refractivity contribution in [1.29, 1.82) is 0 Å². The van der Waals surface area contributed by atoms with E-state index in [1.165, 1.54) is 17.2 Å². The van der Waals surface area contributed by atoms with Crippen molar-refractivity contribution in [2.45, 2.75) is 19.5 Å². The van der Waals surface area contributed by atoms with Gasteiger partial charge in [0.2, 0.25) is 5.43 Å². The van der Waals surface area contributed by atoms with E-state index in [4.69, 9.17) is 11.6 Å². The molecule has 4 rings (SSSR count). The monoisotopic (exact) mass is 437 g/mol. The number of hydrogen-bond donors (Lipinski definition) is 1. The first-order chi connectivity index (χ1) is 14.9. The molecular weight excluding hydrogens is 410 g/mol. The minimum Gasteiger partial charge on any atom is -0.503 e. The summed E-state index contributed by atoms with van der Waals surface area (Å²) in [5.74, 6) is -0.140. The molecule has 0 saturated carbocycles. The van der Waals surface area contributed by atoms with Crippen LogP contribution in [-0.2, 0) is 13.6 Å². The third-order valence-electron chi connectivity index (χ3n) is 6.23. The van der Waals surface area contributed by atoms with E-state index in [0.29, 0.717) is 12.2 Å². The summed E-state index contributed by atoms with van der Waals surface area (Å²) in [6, 6.07) is 20.3. The lowest BCUT2D eigenvalue weighted by Crippen LogP contribution is -2.47. The largest absolute Gasteiger partial charge is 0.503 e. The Hall–Kier alpha value is -2.60. The van der Waals surface area contributed by atoms with Gasteiger partial charge in [-0.2, -0.15) is 0 Å². The Morgan fingerprint density at radius 3 is 2.23 bits per heavy atom. The van der Waals surface area contributed by atoms with E-state index in [1.54, 1.807) is 0 Å². The van der Waals surface area contributed by atoms with Crippen LogP contribution in [0.4, 0.5) is 0 Å². The normalized spacial score (nSPS) is 16.4. The summed E-state index contributed by atoms with van der Waals surface area (Å²) in [6.07, 6.45) is 0. The molecule has 1 aliphatic heterocycles. The smallest absolute Gasteiger partial charge is 0.223 e. The fourth-order valence-corrected chi connectivity index (χ4v) is 4.46. The van der Waals surface area contributed by atoms with Gasteiger partial charge in [-0.05, 0) is 30.2 Å². The SMILES string of the molecule is Cc1cc(=O)c(O)c(CN2CCN([C@@H](c3ccccc3)c3ccc(Cl)cc3)CC2)n1C. The number of aromatic hydroxyl groups is 1. The summed E-state index contributed by atoms with van der Waals surface area (Å²) in [7, 11) is 1.89. The molecule has 1 atom stereocenters. The van der Waals surface area contributed by atoms with Crippen LogP contribution in [-0.4, -0.2) is 45.7 Å².